The van der Waals surface area contributed by atoms with E-state index in [1.54, 1.807) is 30.6 Å². The van der Waals surface area contributed by atoms with Crippen molar-refractivity contribution in [3.05, 3.63) is 35.6 Å². The van der Waals surface area contributed by atoms with E-state index in [4.69, 9.17) is 17.3 Å². The molecule has 0 saturated heterocycles. The zero-order valence-corrected chi connectivity index (χ0v) is 7.94. The molecule has 0 aliphatic rings. The maximum absolute atomic E-state index is 5.70. The lowest BCUT2D eigenvalue weighted by molar-refractivity contribution is 1.15. The summed E-state index contributed by atoms with van der Waals surface area (Å²) in [4.78, 5) is 12.2. The third-order valence-corrected chi connectivity index (χ3v) is 1.86. The van der Waals surface area contributed by atoms with Crippen LogP contribution in [0.2, 0.25) is 5.02 Å². The number of rotatable bonds is 1. The average molecular weight is 207 g/mol. The maximum Gasteiger partial charge on any atom is 0.180 e. The Labute approximate surface area is 85.8 Å². The fourth-order valence-electron chi connectivity index (χ4n) is 1.00. The lowest BCUT2D eigenvalue weighted by atomic mass is 10.3. The summed E-state index contributed by atoms with van der Waals surface area (Å²) in [6.07, 6.45) is 3.14. The molecular formula is C9H7ClN4. The van der Waals surface area contributed by atoms with E-state index in [0.717, 1.165) is 0 Å². The zero-order chi connectivity index (χ0) is 9.97. The molecule has 0 unspecified atom stereocenters. The van der Waals surface area contributed by atoms with Gasteiger partial charge in [-0.15, -0.1) is 0 Å². The van der Waals surface area contributed by atoms with Gasteiger partial charge in [0.1, 0.15) is 11.5 Å². The van der Waals surface area contributed by atoms with Gasteiger partial charge >= 0.3 is 0 Å². The summed E-state index contributed by atoms with van der Waals surface area (Å²) in [7, 11) is 0. The van der Waals surface area contributed by atoms with Crippen LogP contribution in [0.3, 0.4) is 0 Å². The molecular weight excluding hydrogens is 200 g/mol. The normalized spacial score (nSPS) is 10.1. The van der Waals surface area contributed by atoms with E-state index in [1.807, 2.05) is 0 Å². The summed E-state index contributed by atoms with van der Waals surface area (Å²) in [6.45, 7) is 0. The number of hydrogen-bond donors (Lipinski definition) is 1. The molecule has 0 aliphatic carbocycles. The minimum Gasteiger partial charge on any atom is -0.384 e. The van der Waals surface area contributed by atoms with Gasteiger partial charge < -0.3 is 5.73 Å². The van der Waals surface area contributed by atoms with Gasteiger partial charge in [0.2, 0.25) is 0 Å². The van der Waals surface area contributed by atoms with E-state index in [0.29, 0.717) is 22.4 Å². The smallest absolute Gasteiger partial charge is 0.180 e. The number of pyridine rings is 1. The first kappa shape index (κ1) is 8.90. The summed E-state index contributed by atoms with van der Waals surface area (Å²) in [5.41, 5.74) is 6.18. The summed E-state index contributed by atoms with van der Waals surface area (Å²) in [6, 6.07) is 5.10. The summed E-state index contributed by atoms with van der Waals surface area (Å²) in [5, 5.41) is 0.581. The second-order valence-corrected chi connectivity index (χ2v) is 3.10. The highest BCUT2D eigenvalue weighted by atomic mass is 35.5. The standard InChI is InChI=1S/C9H7ClN4/c10-6-1-2-7(13-5-6)9-12-4-3-8(11)14-9/h1-5H,(H2,11,12,14). The Morgan fingerprint density at radius 2 is 2.00 bits per heavy atom. The van der Waals surface area contributed by atoms with Crippen LogP contribution in [0.25, 0.3) is 11.5 Å². The molecule has 0 spiro atoms. The van der Waals surface area contributed by atoms with Gasteiger partial charge in [-0.2, -0.15) is 0 Å². The monoisotopic (exact) mass is 206 g/mol. The van der Waals surface area contributed by atoms with Crippen LogP contribution < -0.4 is 5.73 Å². The van der Waals surface area contributed by atoms with Gasteiger partial charge in [-0.1, -0.05) is 11.6 Å². The molecule has 0 bridgehead atoms. The highest BCUT2D eigenvalue weighted by Gasteiger charge is 2.01. The van der Waals surface area contributed by atoms with E-state index in [1.165, 1.54) is 0 Å². The number of anilines is 1. The topological polar surface area (TPSA) is 64.7 Å². The Morgan fingerprint density at radius 3 is 2.64 bits per heavy atom. The Morgan fingerprint density at radius 1 is 1.14 bits per heavy atom. The number of aromatic nitrogens is 3. The summed E-state index contributed by atoms with van der Waals surface area (Å²) in [5.74, 6) is 0.924. The van der Waals surface area contributed by atoms with Crippen molar-refractivity contribution in [1.82, 2.24) is 15.0 Å². The SMILES string of the molecule is Nc1ccnc(-c2ccc(Cl)cn2)n1. The van der Waals surface area contributed by atoms with Gasteiger partial charge in [0, 0.05) is 12.4 Å². The van der Waals surface area contributed by atoms with Gasteiger partial charge in [-0.25, -0.2) is 9.97 Å². The summed E-state index contributed by atoms with van der Waals surface area (Å²) >= 11 is 5.70. The first-order valence-electron chi connectivity index (χ1n) is 3.96. The van der Waals surface area contributed by atoms with Crippen LogP contribution in [0, 0.1) is 0 Å². The van der Waals surface area contributed by atoms with Gasteiger partial charge in [-0.05, 0) is 18.2 Å². The molecule has 0 atom stereocenters. The van der Waals surface area contributed by atoms with Gasteiger partial charge in [0.05, 0.1) is 5.02 Å². The van der Waals surface area contributed by atoms with E-state index >= 15 is 0 Å². The van der Waals surface area contributed by atoms with Gasteiger partial charge in [0.15, 0.2) is 5.82 Å². The molecule has 4 nitrogen and oxygen atoms in total. The first-order valence-corrected chi connectivity index (χ1v) is 4.34. The number of nitrogens with two attached hydrogens (primary N) is 1. The molecule has 0 aromatic carbocycles. The van der Waals surface area contributed by atoms with Crippen molar-refractivity contribution >= 4 is 17.4 Å². The quantitative estimate of drug-likeness (QED) is 0.773. The molecule has 2 aromatic heterocycles. The molecule has 0 amide bonds. The molecule has 0 aliphatic heterocycles. The van der Waals surface area contributed by atoms with Crippen molar-refractivity contribution in [3.8, 4) is 11.5 Å². The van der Waals surface area contributed by atoms with E-state index in [-0.39, 0.29) is 0 Å². The molecule has 14 heavy (non-hydrogen) atoms. The number of halogens is 1. The Kier molecular flexibility index (Phi) is 2.28. The molecule has 2 rings (SSSR count). The maximum atomic E-state index is 5.70. The Bertz CT molecular complexity index is 441. The van der Waals surface area contributed by atoms with E-state index in [2.05, 4.69) is 15.0 Å². The molecule has 0 saturated carbocycles. The van der Waals surface area contributed by atoms with Crippen molar-refractivity contribution < 1.29 is 0 Å². The fraction of sp³-hybridized carbons (Fsp3) is 0. The van der Waals surface area contributed by atoms with Gasteiger partial charge in [-0.3, -0.25) is 4.98 Å². The minimum atomic E-state index is 0.423. The van der Waals surface area contributed by atoms with Crippen molar-refractivity contribution in [2.75, 3.05) is 5.73 Å². The Hall–Kier alpha value is -1.68. The molecule has 2 N–H and O–H groups in total. The molecule has 2 aromatic rings. The lowest BCUT2D eigenvalue weighted by Gasteiger charge is -1.99. The predicted molar refractivity (Wildman–Crippen MR) is 54.7 cm³/mol. The second-order valence-electron chi connectivity index (χ2n) is 2.67. The third-order valence-electron chi connectivity index (χ3n) is 1.63. The van der Waals surface area contributed by atoms with Crippen molar-refractivity contribution in [1.29, 1.82) is 0 Å². The molecule has 0 fully saturated rings. The van der Waals surface area contributed by atoms with Crippen LogP contribution in [0.1, 0.15) is 0 Å². The van der Waals surface area contributed by atoms with Crippen LogP contribution in [0.4, 0.5) is 5.82 Å². The second kappa shape index (κ2) is 3.59. The largest absolute Gasteiger partial charge is 0.384 e. The minimum absolute atomic E-state index is 0.423. The molecule has 70 valence electrons. The van der Waals surface area contributed by atoms with Crippen LogP contribution >= 0.6 is 11.6 Å². The zero-order valence-electron chi connectivity index (χ0n) is 7.18. The fourth-order valence-corrected chi connectivity index (χ4v) is 1.12. The number of nitrogens with zero attached hydrogens (tertiary/aromatic N) is 3. The van der Waals surface area contributed by atoms with Crippen LogP contribution in [-0.4, -0.2) is 15.0 Å². The van der Waals surface area contributed by atoms with Crippen LogP contribution in [0.5, 0.6) is 0 Å². The van der Waals surface area contributed by atoms with Crippen molar-refractivity contribution in [2.45, 2.75) is 0 Å². The highest BCUT2D eigenvalue weighted by Crippen LogP contribution is 2.14. The van der Waals surface area contributed by atoms with Crippen molar-refractivity contribution in [2.24, 2.45) is 0 Å². The van der Waals surface area contributed by atoms with E-state index in [9.17, 15) is 0 Å². The Balaban J connectivity index is 2.44. The third kappa shape index (κ3) is 1.80. The lowest BCUT2D eigenvalue weighted by Crippen LogP contribution is -1.95. The summed E-state index contributed by atoms with van der Waals surface area (Å²) < 4.78 is 0. The van der Waals surface area contributed by atoms with Crippen LogP contribution in [0.15, 0.2) is 30.6 Å². The number of hydrogen-bond acceptors (Lipinski definition) is 4. The average Bonchev–Trinajstić information content (AvgIpc) is 2.19. The molecule has 0 radical (unpaired) electrons. The first-order chi connectivity index (χ1) is 6.75. The predicted octanol–water partition coefficient (Wildman–Crippen LogP) is 1.77. The van der Waals surface area contributed by atoms with Crippen LogP contribution in [-0.2, 0) is 0 Å². The molecule has 2 heterocycles. The van der Waals surface area contributed by atoms with Gasteiger partial charge in [0.25, 0.3) is 0 Å². The van der Waals surface area contributed by atoms with E-state index < -0.39 is 0 Å². The molecule has 5 heteroatoms. The highest BCUT2D eigenvalue weighted by molar-refractivity contribution is 6.30. The number of nitrogen functional groups attached to an aromatic ring is 1. The van der Waals surface area contributed by atoms with Crippen molar-refractivity contribution in [3.63, 3.8) is 0 Å².